The largest absolute Gasteiger partial charge is 0.573 e. The van der Waals surface area contributed by atoms with Crippen LogP contribution >= 0.6 is 11.6 Å². The molecule has 0 saturated carbocycles. The minimum absolute atomic E-state index is 0.312. The monoisotopic (exact) mass is 329 g/mol. The van der Waals surface area contributed by atoms with Gasteiger partial charge in [0.1, 0.15) is 17.8 Å². The molecule has 0 spiro atoms. The molecule has 0 unspecified atom stereocenters. The van der Waals surface area contributed by atoms with E-state index in [1.165, 1.54) is 24.5 Å². The first-order valence-electron chi connectivity index (χ1n) is 5.94. The second-order valence-corrected chi connectivity index (χ2v) is 4.63. The SMILES string of the molecule is FC(F)(F)Oc1ccc(Oc2cc(Cl)cc3nncn23)cc1. The molecule has 0 atom stereocenters. The lowest BCUT2D eigenvalue weighted by Crippen LogP contribution is -2.16. The third-order valence-corrected chi connectivity index (χ3v) is 2.84. The summed E-state index contributed by atoms with van der Waals surface area (Å²) in [5.74, 6) is 0.309. The van der Waals surface area contributed by atoms with Gasteiger partial charge in [0.15, 0.2) is 5.65 Å². The highest BCUT2D eigenvalue weighted by molar-refractivity contribution is 6.31. The van der Waals surface area contributed by atoms with Gasteiger partial charge in [-0.1, -0.05) is 11.6 Å². The molecular formula is C13H7ClF3N3O2. The maximum absolute atomic E-state index is 12.1. The summed E-state index contributed by atoms with van der Waals surface area (Å²) < 4.78 is 47.2. The second kappa shape index (κ2) is 5.38. The van der Waals surface area contributed by atoms with Gasteiger partial charge in [-0.3, -0.25) is 4.40 Å². The summed E-state index contributed by atoms with van der Waals surface area (Å²) in [5, 5.41) is 7.96. The molecule has 9 heteroatoms. The number of aromatic nitrogens is 3. The van der Waals surface area contributed by atoms with Gasteiger partial charge in [0.25, 0.3) is 0 Å². The Morgan fingerprint density at radius 3 is 2.41 bits per heavy atom. The normalized spacial score (nSPS) is 11.6. The number of nitrogens with zero attached hydrogens (tertiary/aromatic N) is 3. The first-order chi connectivity index (χ1) is 10.4. The molecule has 1 aromatic carbocycles. The standard InChI is InChI=1S/C13H7ClF3N3O2/c14-8-5-11-19-18-7-20(11)12(6-8)21-9-1-3-10(4-2-9)22-13(15,16)17/h1-7H. The highest BCUT2D eigenvalue weighted by Crippen LogP contribution is 2.28. The summed E-state index contributed by atoms with van der Waals surface area (Å²) in [6.45, 7) is 0. The number of fused-ring (bicyclic) bond motifs is 1. The summed E-state index contributed by atoms with van der Waals surface area (Å²) >= 11 is 5.94. The van der Waals surface area contributed by atoms with Crippen LogP contribution in [0.1, 0.15) is 0 Å². The number of pyridine rings is 1. The molecule has 3 rings (SSSR count). The van der Waals surface area contributed by atoms with Gasteiger partial charge >= 0.3 is 6.36 Å². The molecular weight excluding hydrogens is 323 g/mol. The van der Waals surface area contributed by atoms with Crippen molar-refractivity contribution in [2.75, 3.05) is 0 Å². The summed E-state index contributed by atoms with van der Waals surface area (Å²) in [6.07, 6.45) is -3.30. The number of hydrogen-bond acceptors (Lipinski definition) is 4. The predicted molar refractivity (Wildman–Crippen MR) is 71.2 cm³/mol. The van der Waals surface area contributed by atoms with Gasteiger partial charge in [0.05, 0.1) is 0 Å². The molecule has 2 aromatic heterocycles. The van der Waals surface area contributed by atoms with Crippen LogP contribution in [0.2, 0.25) is 5.02 Å². The van der Waals surface area contributed by atoms with Crippen LogP contribution in [0.25, 0.3) is 5.65 Å². The molecule has 22 heavy (non-hydrogen) atoms. The van der Waals surface area contributed by atoms with Crippen molar-refractivity contribution >= 4 is 17.2 Å². The molecule has 0 aliphatic carbocycles. The van der Waals surface area contributed by atoms with Gasteiger partial charge < -0.3 is 9.47 Å². The lowest BCUT2D eigenvalue weighted by molar-refractivity contribution is -0.274. The molecule has 3 aromatic rings. The van der Waals surface area contributed by atoms with Gasteiger partial charge in [-0.15, -0.1) is 23.4 Å². The topological polar surface area (TPSA) is 48.7 Å². The van der Waals surface area contributed by atoms with Crippen LogP contribution < -0.4 is 9.47 Å². The molecule has 0 N–H and O–H groups in total. The molecule has 0 saturated heterocycles. The molecule has 0 fully saturated rings. The smallest absolute Gasteiger partial charge is 0.440 e. The lowest BCUT2D eigenvalue weighted by atomic mass is 10.3. The minimum atomic E-state index is -4.73. The summed E-state index contributed by atoms with van der Waals surface area (Å²) in [4.78, 5) is 0. The molecule has 114 valence electrons. The van der Waals surface area contributed by atoms with Crippen molar-refractivity contribution < 1.29 is 22.6 Å². The predicted octanol–water partition coefficient (Wildman–Crippen LogP) is 4.07. The van der Waals surface area contributed by atoms with Crippen molar-refractivity contribution in [2.24, 2.45) is 0 Å². The third-order valence-electron chi connectivity index (χ3n) is 2.62. The average molecular weight is 330 g/mol. The number of alkyl halides is 3. The van der Waals surface area contributed by atoms with E-state index in [2.05, 4.69) is 14.9 Å². The zero-order valence-corrected chi connectivity index (χ0v) is 11.5. The van der Waals surface area contributed by atoms with E-state index in [1.807, 2.05) is 0 Å². The van der Waals surface area contributed by atoms with Crippen LogP contribution in [0.15, 0.2) is 42.7 Å². The van der Waals surface area contributed by atoms with Crippen LogP contribution in [0, 0.1) is 0 Å². The van der Waals surface area contributed by atoms with Gasteiger partial charge in [-0.25, -0.2) is 0 Å². The van der Waals surface area contributed by atoms with Crippen molar-refractivity contribution in [3.63, 3.8) is 0 Å². The van der Waals surface area contributed by atoms with Crippen LogP contribution in [0.4, 0.5) is 13.2 Å². The van der Waals surface area contributed by atoms with Gasteiger partial charge in [-0.2, -0.15) is 0 Å². The van der Waals surface area contributed by atoms with Crippen LogP contribution in [0.3, 0.4) is 0 Å². The van der Waals surface area contributed by atoms with E-state index >= 15 is 0 Å². The fraction of sp³-hybridized carbons (Fsp3) is 0.0769. The Morgan fingerprint density at radius 2 is 1.73 bits per heavy atom. The van der Waals surface area contributed by atoms with Gasteiger partial charge in [0.2, 0.25) is 5.88 Å². The first-order valence-corrected chi connectivity index (χ1v) is 6.31. The molecule has 0 bridgehead atoms. The number of hydrogen-bond donors (Lipinski definition) is 0. The molecule has 0 amide bonds. The van der Waals surface area contributed by atoms with Crippen LogP contribution in [-0.2, 0) is 0 Å². The third kappa shape index (κ3) is 3.22. The van der Waals surface area contributed by atoms with Crippen LogP contribution in [-0.4, -0.2) is 21.0 Å². The van der Waals surface area contributed by atoms with Crippen molar-refractivity contribution in [3.8, 4) is 17.4 Å². The van der Waals surface area contributed by atoms with E-state index in [0.29, 0.717) is 22.3 Å². The highest BCUT2D eigenvalue weighted by Gasteiger charge is 2.30. The summed E-state index contributed by atoms with van der Waals surface area (Å²) in [5.41, 5.74) is 0.486. The van der Waals surface area contributed by atoms with Crippen molar-refractivity contribution in [1.82, 2.24) is 14.6 Å². The molecule has 2 heterocycles. The quantitative estimate of drug-likeness (QED) is 0.726. The highest BCUT2D eigenvalue weighted by atomic mass is 35.5. The van der Waals surface area contributed by atoms with E-state index < -0.39 is 6.36 Å². The lowest BCUT2D eigenvalue weighted by Gasteiger charge is -2.10. The van der Waals surface area contributed by atoms with Crippen molar-refractivity contribution in [1.29, 1.82) is 0 Å². The average Bonchev–Trinajstić information content (AvgIpc) is 2.87. The Labute approximate surface area is 126 Å². The van der Waals surface area contributed by atoms with E-state index in [-0.39, 0.29) is 5.75 Å². The van der Waals surface area contributed by atoms with E-state index in [9.17, 15) is 13.2 Å². The molecule has 0 aliphatic rings. The Balaban J connectivity index is 1.84. The Kier molecular flexibility index (Phi) is 3.53. The fourth-order valence-electron chi connectivity index (χ4n) is 1.77. The Hall–Kier alpha value is -2.48. The maximum Gasteiger partial charge on any atom is 0.573 e. The van der Waals surface area contributed by atoms with Crippen molar-refractivity contribution in [2.45, 2.75) is 6.36 Å². The number of benzene rings is 1. The Bertz CT molecular complexity index is 802. The minimum Gasteiger partial charge on any atom is -0.440 e. The number of rotatable bonds is 3. The molecule has 0 radical (unpaired) electrons. The summed E-state index contributed by atoms with van der Waals surface area (Å²) in [7, 11) is 0. The zero-order chi connectivity index (χ0) is 15.7. The Morgan fingerprint density at radius 1 is 1.05 bits per heavy atom. The first kappa shape index (κ1) is 14.5. The van der Waals surface area contributed by atoms with Crippen molar-refractivity contribution in [3.05, 3.63) is 47.7 Å². The maximum atomic E-state index is 12.1. The molecule has 5 nitrogen and oxygen atoms in total. The van der Waals surface area contributed by atoms with Crippen LogP contribution in [0.5, 0.6) is 17.4 Å². The summed E-state index contributed by atoms with van der Waals surface area (Å²) in [6, 6.07) is 8.13. The van der Waals surface area contributed by atoms with Gasteiger partial charge in [0, 0.05) is 17.2 Å². The zero-order valence-electron chi connectivity index (χ0n) is 10.7. The van der Waals surface area contributed by atoms with E-state index in [0.717, 1.165) is 12.1 Å². The van der Waals surface area contributed by atoms with E-state index in [1.54, 1.807) is 10.5 Å². The number of ether oxygens (including phenoxy) is 2. The second-order valence-electron chi connectivity index (χ2n) is 4.19. The van der Waals surface area contributed by atoms with Gasteiger partial charge in [-0.05, 0) is 24.3 Å². The number of halogens is 4. The fourth-order valence-corrected chi connectivity index (χ4v) is 1.96. The van der Waals surface area contributed by atoms with E-state index in [4.69, 9.17) is 16.3 Å². The molecule has 0 aliphatic heterocycles.